The molecule has 3 aromatic rings. The maximum atomic E-state index is 5.46. The highest BCUT2D eigenvalue weighted by Gasteiger charge is 2.02. The third-order valence-electron chi connectivity index (χ3n) is 2.59. The number of para-hydroxylation sites is 1. The van der Waals surface area contributed by atoms with E-state index in [4.69, 9.17) is 9.25 Å². The Morgan fingerprint density at radius 2 is 1.74 bits per heavy atom. The maximum absolute atomic E-state index is 5.46. The SMILES string of the molecule is c1ccc(NOc2ccc(-c3ncco3)cc2)cc1. The zero-order valence-corrected chi connectivity index (χ0v) is 10.1. The molecule has 2 aromatic carbocycles. The van der Waals surface area contributed by atoms with Crippen molar-refractivity contribution < 1.29 is 9.25 Å². The van der Waals surface area contributed by atoms with E-state index in [2.05, 4.69) is 10.5 Å². The minimum absolute atomic E-state index is 0.600. The Hall–Kier alpha value is -2.75. The van der Waals surface area contributed by atoms with E-state index in [-0.39, 0.29) is 0 Å². The summed E-state index contributed by atoms with van der Waals surface area (Å²) in [5, 5.41) is 0. The van der Waals surface area contributed by atoms with Crippen LogP contribution in [0.4, 0.5) is 5.69 Å². The van der Waals surface area contributed by atoms with Crippen molar-refractivity contribution in [2.75, 3.05) is 5.48 Å². The van der Waals surface area contributed by atoms with Gasteiger partial charge in [0.1, 0.15) is 6.26 Å². The lowest BCUT2D eigenvalue weighted by molar-refractivity contribution is 0.405. The van der Waals surface area contributed by atoms with Crippen molar-refractivity contribution in [2.24, 2.45) is 0 Å². The summed E-state index contributed by atoms with van der Waals surface area (Å²) in [6.07, 6.45) is 3.17. The van der Waals surface area contributed by atoms with Crippen molar-refractivity contribution in [1.29, 1.82) is 0 Å². The number of hydrogen-bond donors (Lipinski definition) is 1. The maximum Gasteiger partial charge on any atom is 0.225 e. The highest BCUT2D eigenvalue weighted by atomic mass is 16.6. The largest absolute Gasteiger partial charge is 0.445 e. The Bertz CT molecular complexity index is 619. The molecule has 4 heteroatoms. The van der Waals surface area contributed by atoms with Gasteiger partial charge in [-0.3, -0.25) is 0 Å². The van der Waals surface area contributed by atoms with Crippen molar-refractivity contribution in [2.45, 2.75) is 0 Å². The van der Waals surface area contributed by atoms with Gasteiger partial charge in [-0.15, -0.1) is 0 Å². The third-order valence-corrected chi connectivity index (χ3v) is 2.59. The van der Waals surface area contributed by atoms with Gasteiger partial charge in [-0.2, -0.15) is 0 Å². The van der Waals surface area contributed by atoms with Gasteiger partial charge in [0.15, 0.2) is 5.75 Å². The Labute approximate surface area is 110 Å². The first kappa shape index (κ1) is 11.3. The molecule has 0 atom stereocenters. The summed E-state index contributed by atoms with van der Waals surface area (Å²) >= 11 is 0. The van der Waals surface area contributed by atoms with Gasteiger partial charge in [-0.05, 0) is 36.4 Å². The molecule has 3 rings (SSSR count). The van der Waals surface area contributed by atoms with E-state index in [1.54, 1.807) is 12.5 Å². The molecular formula is C15H12N2O2. The van der Waals surface area contributed by atoms with E-state index in [1.165, 1.54) is 0 Å². The summed E-state index contributed by atoms with van der Waals surface area (Å²) in [5.41, 5.74) is 4.69. The second-order valence-electron chi connectivity index (χ2n) is 3.93. The Morgan fingerprint density at radius 1 is 0.947 bits per heavy atom. The Kier molecular flexibility index (Phi) is 3.14. The molecule has 0 radical (unpaired) electrons. The standard InChI is InChI=1S/C15H12N2O2/c1-2-4-13(5-3-1)17-19-14-8-6-12(7-9-14)15-16-10-11-18-15/h1-11,17H. The van der Waals surface area contributed by atoms with Crippen LogP contribution in [0.3, 0.4) is 0 Å². The molecule has 0 aliphatic carbocycles. The first-order valence-electron chi connectivity index (χ1n) is 5.90. The van der Waals surface area contributed by atoms with Crippen LogP contribution in [0.15, 0.2) is 71.5 Å². The molecule has 0 spiro atoms. The molecular weight excluding hydrogens is 240 g/mol. The quantitative estimate of drug-likeness (QED) is 0.718. The molecule has 19 heavy (non-hydrogen) atoms. The van der Waals surface area contributed by atoms with Crippen LogP contribution in [0.5, 0.6) is 5.75 Å². The normalized spacial score (nSPS) is 10.1. The van der Waals surface area contributed by atoms with E-state index < -0.39 is 0 Å². The van der Waals surface area contributed by atoms with E-state index in [9.17, 15) is 0 Å². The fourth-order valence-electron chi connectivity index (χ4n) is 1.66. The van der Waals surface area contributed by atoms with Crippen LogP contribution in [0, 0.1) is 0 Å². The molecule has 4 nitrogen and oxygen atoms in total. The zero-order valence-electron chi connectivity index (χ0n) is 10.1. The van der Waals surface area contributed by atoms with Gasteiger partial charge >= 0.3 is 0 Å². The molecule has 1 aromatic heterocycles. The number of anilines is 1. The number of benzene rings is 2. The van der Waals surface area contributed by atoms with Gasteiger partial charge in [0, 0.05) is 5.56 Å². The molecule has 0 amide bonds. The number of oxazole rings is 1. The van der Waals surface area contributed by atoms with Crippen molar-refractivity contribution in [1.82, 2.24) is 4.98 Å². The topological polar surface area (TPSA) is 47.3 Å². The lowest BCUT2D eigenvalue weighted by Gasteiger charge is -2.07. The highest BCUT2D eigenvalue weighted by Crippen LogP contribution is 2.21. The highest BCUT2D eigenvalue weighted by molar-refractivity contribution is 5.54. The molecule has 0 unspecified atom stereocenters. The van der Waals surface area contributed by atoms with E-state index in [1.807, 2.05) is 54.6 Å². The van der Waals surface area contributed by atoms with Crippen LogP contribution in [-0.4, -0.2) is 4.98 Å². The number of rotatable bonds is 4. The van der Waals surface area contributed by atoms with Gasteiger partial charge in [0.05, 0.1) is 11.9 Å². The average Bonchev–Trinajstić information content (AvgIpc) is 3.01. The molecule has 1 N–H and O–H groups in total. The molecule has 0 saturated carbocycles. The number of nitrogens with one attached hydrogen (secondary N) is 1. The van der Waals surface area contributed by atoms with Gasteiger partial charge in [-0.25, -0.2) is 10.5 Å². The van der Waals surface area contributed by atoms with Gasteiger partial charge < -0.3 is 9.25 Å². The third kappa shape index (κ3) is 2.74. The first-order valence-corrected chi connectivity index (χ1v) is 5.90. The lowest BCUT2D eigenvalue weighted by Crippen LogP contribution is -2.03. The van der Waals surface area contributed by atoms with Crippen molar-refractivity contribution >= 4 is 5.69 Å². The van der Waals surface area contributed by atoms with Crippen molar-refractivity contribution in [3.63, 3.8) is 0 Å². The number of hydrogen-bond acceptors (Lipinski definition) is 4. The van der Waals surface area contributed by atoms with E-state index in [0.29, 0.717) is 5.89 Å². The monoisotopic (exact) mass is 252 g/mol. The average molecular weight is 252 g/mol. The number of aromatic nitrogens is 1. The van der Waals surface area contributed by atoms with Crippen LogP contribution in [0.2, 0.25) is 0 Å². The predicted octanol–water partition coefficient (Wildman–Crippen LogP) is 3.75. The van der Waals surface area contributed by atoms with Gasteiger partial charge in [0.25, 0.3) is 0 Å². The molecule has 0 saturated heterocycles. The summed E-state index contributed by atoms with van der Waals surface area (Å²) in [6, 6.07) is 17.2. The number of nitrogens with zero attached hydrogens (tertiary/aromatic N) is 1. The minimum atomic E-state index is 0.600. The van der Waals surface area contributed by atoms with Crippen LogP contribution in [0.25, 0.3) is 11.5 Å². The minimum Gasteiger partial charge on any atom is -0.445 e. The molecule has 1 heterocycles. The smallest absolute Gasteiger partial charge is 0.225 e. The van der Waals surface area contributed by atoms with Crippen LogP contribution >= 0.6 is 0 Å². The van der Waals surface area contributed by atoms with Crippen LogP contribution < -0.4 is 10.3 Å². The van der Waals surface area contributed by atoms with E-state index in [0.717, 1.165) is 17.0 Å². The summed E-state index contributed by atoms with van der Waals surface area (Å²) < 4.78 is 5.22. The van der Waals surface area contributed by atoms with Crippen LogP contribution in [0.1, 0.15) is 0 Å². The molecule has 0 bridgehead atoms. The van der Waals surface area contributed by atoms with Gasteiger partial charge in [-0.1, -0.05) is 18.2 Å². The Morgan fingerprint density at radius 3 is 2.42 bits per heavy atom. The summed E-state index contributed by atoms with van der Waals surface area (Å²) in [6.45, 7) is 0. The molecule has 0 aliphatic rings. The molecule has 94 valence electrons. The summed E-state index contributed by atoms with van der Waals surface area (Å²) in [7, 11) is 0. The zero-order chi connectivity index (χ0) is 12.9. The predicted molar refractivity (Wildman–Crippen MR) is 72.6 cm³/mol. The first-order chi connectivity index (χ1) is 9.42. The second-order valence-corrected chi connectivity index (χ2v) is 3.93. The van der Waals surface area contributed by atoms with Crippen LogP contribution in [-0.2, 0) is 0 Å². The summed E-state index contributed by atoms with van der Waals surface area (Å²) in [4.78, 5) is 9.55. The lowest BCUT2D eigenvalue weighted by atomic mass is 10.2. The van der Waals surface area contributed by atoms with E-state index >= 15 is 0 Å². The molecule has 0 aliphatic heterocycles. The fraction of sp³-hybridized carbons (Fsp3) is 0. The summed E-state index contributed by atoms with van der Waals surface area (Å²) in [5.74, 6) is 1.32. The van der Waals surface area contributed by atoms with Crippen molar-refractivity contribution in [3.8, 4) is 17.2 Å². The Balaban J connectivity index is 1.67. The van der Waals surface area contributed by atoms with Gasteiger partial charge in [0.2, 0.25) is 5.89 Å². The van der Waals surface area contributed by atoms with Crippen molar-refractivity contribution in [3.05, 3.63) is 67.1 Å². The molecule has 0 fully saturated rings. The fourth-order valence-corrected chi connectivity index (χ4v) is 1.66. The second kappa shape index (κ2) is 5.27.